The van der Waals surface area contributed by atoms with E-state index >= 15 is 0 Å². The molecule has 0 aromatic heterocycles. The highest BCUT2D eigenvalue weighted by Crippen LogP contribution is 2.37. The maximum atomic E-state index is 13.9. The van der Waals surface area contributed by atoms with Crippen molar-refractivity contribution < 1.29 is 18.6 Å². The molecule has 0 fully saturated rings. The number of rotatable bonds is 10. The standard InChI is InChI=1S/C19H22Cl2FNO3/c1-3-25-18-10-13(11-23-7-8-24-2)9-16(21)19(18)26-12-14-15(20)5-4-6-17(14)22/h4-6,9-10,23H,3,7-8,11-12H2,1-2H3. The Bertz CT molecular complexity index is 708. The molecule has 0 radical (unpaired) electrons. The van der Waals surface area contributed by atoms with Gasteiger partial charge in [-0.1, -0.05) is 29.3 Å². The number of benzene rings is 2. The Morgan fingerprint density at radius 1 is 1.12 bits per heavy atom. The molecular formula is C19H22Cl2FNO3. The van der Waals surface area contributed by atoms with Crippen LogP contribution in [0.1, 0.15) is 18.1 Å². The third kappa shape index (κ3) is 5.74. The van der Waals surface area contributed by atoms with Crippen LogP contribution in [0.2, 0.25) is 10.0 Å². The first-order valence-electron chi connectivity index (χ1n) is 8.27. The van der Waals surface area contributed by atoms with E-state index < -0.39 is 5.82 Å². The summed E-state index contributed by atoms with van der Waals surface area (Å²) in [7, 11) is 1.65. The van der Waals surface area contributed by atoms with Crippen molar-refractivity contribution >= 4 is 23.2 Å². The van der Waals surface area contributed by atoms with Gasteiger partial charge >= 0.3 is 0 Å². The highest BCUT2D eigenvalue weighted by atomic mass is 35.5. The minimum atomic E-state index is -0.425. The van der Waals surface area contributed by atoms with Crippen molar-refractivity contribution in [2.75, 3.05) is 26.9 Å². The lowest BCUT2D eigenvalue weighted by Gasteiger charge is -2.16. The number of hydrogen-bond donors (Lipinski definition) is 1. The van der Waals surface area contributed by atoms with Crippen LogP contribution in [0.4, 0.5) is 4.39 Å². The Morgan fingerprint density at radius 3 is 2.62 bits per heavy atom. The van der Waals surface area contributed by atoms with Crippen molar-refractivity contribution in [1.29, 1.82) is 0 Å². The van der Waals surface area contributed by atoms with Crippen molar-refractivity contribution in [1.82, 2.24) is 5.32 Å². The molecule has 0 aliphatic rings. The Kier molecular flexibility index (Phi) is 8.45. The quantitative estimate of drug-likeness (QED) is 0.577. The molecule has 0 spiro atoms. The molecule has 2 rings (SSSR count). The van der Waals surface area contributed by atoms with E-state index in [0.29, 0.717) is 41.3 Å². The van der Waals surface area contributed by atoms with Gasteiger partial charge < -0.3 is 19.5 Å². The van der Waals surface area contributed by atoms with E-state index in [0.717, 1.165) is 12.1 Å². The van der Waals surface area contributed by atoms with Crippen molar-refractivity contribution in [2.24, 2.45) is 0 Å². The zero-order valence-electron chi connectivity index (χ0n) is 14.8. The van der Waals surface area contributed by atoms with Crippen molar-refractivity contribution in [3.05, 3.63) is 57.3 Å². The maximum absolute atomic E-state index is 13.9. The summed E-state index contributed by atoms with van der Waals surface area (Å²) in [5.41, 5.74) is 1.23. The molecule has 0 saturated carbocycles. The molecule has 1 N–H and O–H groups in total. The molecule has 2 aromatic carbocycles. The van der Waals surface area contributed by atoms with Crippen LogP contribution in [0.15, 0.2) is 30.3 Å². The molecule has 0 unspecified atom stereocenters. The molecule has 0 bridgehead atoms. The van der Waals surface area contributed by atoms with E-state index in [1.54, 1.807) is 25.3 Å². The molecule has 142 valence electrons. The Labute approximate surface area is 163 Å². The van der Waals surface area contributed by atoms with Crippen molar-refractivity contribution in [3.8, 4) is 11.5 Å². The molecule has 26 heavy (non-hydrogen) atoms. The van der Waals surface area contributed by atoms with Crippen LogP contribution in [-0.4, -0.2) is 26.9 Å². The van der Waals surface area contributed by atoms with Crippen LogP contribution in [0.5, 0.6) is 11.5 Å². The van der Waals surface area contributed by atoms with Gasteiger partial charge in [0.15, 0.2) is 11.5 Å². The van der Waals surface area contributed by atoms with Gasteiger partial charge in [-0.2, -0.15) is 0 Å². The third-order valence-corrected chi connectivity index (χ3v) is 4.24. The summed E-state index contributed by atoms with van der Waals surface area (Å²) in [6.45, 7) is 4.24. The number of ether oxygens (including phenoxy) is 3. The molecule has 2 aromatic rings. The summed E-state index contributed by atoms with van der Waals surface area (Å²) >= 11 is 12.4. The van der Waals surface area contributed by atoms with Crippen LogP contribution in [0.3, 0.4) is 0 Å². The Balaban J connectivity index is 2.16. The van der Waals surface area contributed by atoms with Gasteiger partial charge in [0.05, 0.1) is 23.3 Å². The highest BCUT2D eigenvalue weighted by molar-refractivity contribution is 6.32. The minimum absolute atomic E-state index is 0.0449. The van der Waals surface area contributed by atoms with Crippen LogP contribution in [0.25, 0.3) is 0 Å². The number of halogens is 3. The lowest BCUT2D eigenvalue weighted by molar-refractivity contribution is 0.199. The molecule has 0 aliphatic carbocycles. The van der Waals surface area contributed by atoms with Crippen molar-refractivity contribution in [3.63, 3.8) is 0 Å². The minimum Gasteiger partial charge on any atom is -0.490 e. The smallest absolute Gasteiger partial charge is 0.180 e. The van der Waals surface area contributed by atoms with E-state index in [1.165, 1.54) is 6.07 Å². The molecule has 7 heteroatoms. The second-order valence-corrected chi connectivity index (χ2v) is 6.31. The van der Waals surface area contributed by atoms with E-state index in [2.05, 4.69) is 5.32 Å². The fraction of sp³-hybridized carbons (Fsp3) is 0.368. The summed E-state index contributed by atoms with van der Waals surface area (Å²) < 4.78 is 30.3. The number of nitrogens with one attached hydrogen (secondary N) is 1. The molecule has 0 heterocycles. The van der Waals surface area contributed by atoms with Crippen LogP contribution in [-0.2, 0) is 17.9 Å². The van der Waals surface area contributed by atoms with Crippen LogP contribution < -0.4 is 14.8 Å². The van der Waals surface area contributed by atoms with E-state index in [1.807, 2.05) is 13.0 Å². The summed E-state index contributed by atoms with van der Waals surface area (Å²) in [6, 6.07) is 8.15. The molecule has 0 amide bonds. The topological polar surface area (TPSA) is 39.7 Å². The van der Waals surface area contributed by atoms with E-state index in [-0.39, 0.29) is 12.2 Å². The number of hydrogen-bond acceptors (Lipinski definition) is 4. The lowest BCUT2D eigenvalue weighted by atomic mass is 10.2. The van der Waals surface area contributed by atoms with Gasteiger partial charge in [0.2, 0.25) is 0 Å². The summed E-state index contributed by atoms with van der Waals surface area (Å²) in [5, 5.41) is 3.94. The van der Waals surface area contributed by atoms with E-state index in [4.69, 9.17) is 37.4 Å². The fourth-order valence-electron chi connectivity index (χ4n) is 2.35. The van der Waals surface area contributed by atoms with Crippen molar-refractivity contribution in [2.45, 2.75) is 20.1 Å². The van der Waals surface area contributed by atoms with Gasteiger partial charge in [-0.05, 0) is 36.8 Å². The predicted molar refractivity (Wildman–Crippen MR) is 102 cm³/mol. The second kappa shape index (κ2) is 10.6. The molecule has 4 nitrogen and oxygen atoms in total. The van der Waals surface area contributed by atoms with Gasteiger partial charge in [0, 0.05) is 25.8 Å². The van der Waals surface area contributed by atoms with Gasteiger partial charge in [-0.25, -0.2) is 4.39 Å². The molecule has 0 aliphatic heterocycles. The average Bonchev–Trinajstić information content (AvgIpc) is 2.60. The first-order valence-corrected chi connectivity index (χ1v) is 9.03. The van der Waals surface area contributed by atoms with E-state index in [9.17, 15) is 4.39 Å². The summed E-state index contributed by atoms with van der Waals surface area (Å²) in [6.07, 6.45) is 0. The monoisotopic (exact) mass is 401 g/mol. The first kappa shape index (κ1) is 20.8. The molecular weight excluding hydrogens is 380 g/mol. The summed E-state index contributed by atoms with van der Waals surface area (Å²) in [4.78, 5) is 0. The lowest BCUT2D eigenvalue weighted by Crippen LogP contribution is -2.18. The largest absolute Gasteiger partial charge is 0.490 e. The van der Waals surface area contributed by atoms with Crippen LogP contribution >= 0.6 is 23.2 Å². The highest BCUT2D eigenvalue weighted by Gasteiger charge is 2.15. The van der Waals surface area contributed by atoms with Gasteiger partial charge in [-0.15, -0.1) is 0 Å². The van der Waals surface area contributed by atoms with Gasteiger partial charge in [0.1, 0.15) is 12.4 Å². The van der Waals surface area contributed by atoms with Gasteiger partial charge in [0.25, 0.3) is 0 Å². The Hall–Kier alpha value is -1.53. The SMILES string of the molecule is CCOc1cc(CNCCOC)cc(Cl)c1OCc1c(F)cccc1Cl. The number of methoxy groups -OCH3 is 1. The normalized spacial score (nSPS) is 10.8. The Morgan fingerprint density at radius 2 is 1.92 bits per heavy atom. The first-order chi connectivity index (χ1) is 12.6. The molecule has 0 saturated heterocycles. The fourth-order valence-corrected chi connectivity index (χ4v) is 2.85. The third-order valence-electron chi connectivity index (χ3n) is 3.60. The van der Waals surface area contributed by atoms with Gasteiger partial charge in [-0.3, -0.25) is 0 Å². The summed E-state index contributed by atoms with van der Waals surface area (Å²) in [5.74, 6) is 0.454. The zero-order valence-corrected chi connectivity index (χ0v) is 16.3. The average molecular weight is 402 g/mol. The second-order valence-electron chi connectivity index (χ2n) is 5.50. The molecule has 0 atom stereocenters. The maximum Gasteiger partial charge on any atom is 0.180 e. The predicted octanol–water partition coefficient (Wildman–Crippen LogP) is 4.85. The zero-order chi connectivity index (χ0) is 18.9. The van der Waals surface area contributed by atoms with Crippen LogP contribution in [0, 0.1) is 5.82 Å².